The molecule has 1 heterocycles. The summed E-state index contributed by atoms with van der Waals surface area (Å²) in [5.74, 6) is 0.642. The van der Waals surface area contributed by atoms with Gasteiger partial charge >= 0.3 is 0 Å². The van der Waals surface area contributed by atoms with E-state index in [-0.39, 0.29) is 5.91 Å². The maximum Gasteiger partial charge on any atom is 0.254 e. The van der Waals surface area contributed by atoms with Gasteiger partial charge in [0.2, 0.25) is 0 Å². The Morgan fingerprint density at radius 1 is 1.58 bits per heavy atom. The molecule has 0 bridgehead atoms. The summed E-state index contributed by atoms with van der Waals surface area (Å²) in [5.41, 5.74) is -0.946. The van der Waals surface area contributed by atoms with Crippen LogP contribution >= 0.6 is 0 Å². The first-order valence-corrected chi connectivity index (χ1v) is 4.67. The Bertz CT molecular complexity index is 205. The predicted octanol–water partition coefficient (Wildman–Crippen LogP) is 0.380. The standard InChI is InChI=1S/C9H15NO2/c1-2-7-5-10(6-7)8(11)9(12)3-4-9/h7,12H,2-6H2,1H3. The molecule has 1 saturated carbocycles. The fourth-order valence-corrected chi connectivity index (χ4v) is 1.62. The van der Waals surface area contributed by atoms with Gasteiger partial charge in [-0.15, -0.1) is 0 Å². The second kappa shape index (κ2) is 2.46. The Labute approximate surface area is 72.4 Å². The molecule has 0 aromatic carbocycles. The number of aliphatic hydroxyl groups is 1. The van der Waals surface area contributed by atoms with E-state index in [0.29, 0.717) is 18.8 Å². The van der Waals surface area contributed by atoms with Crippen molar-refractivity contribution in [1.82, 2.24) is 4.90 Å². The molecule has 12 heavy (non-hydrogen) atoms. The summed E-state index contributed by atoms with van der Waals surface area (Å²) in [6, 6.07) is 0. The Morgan fingerprint density at radius 3 is 2.58 bits per heavy atom. The van der Waals surface area contributed by atoms with Crippen LogP contribution in [-0.2, 0) is 4.79 Å². The highest BCUT2D eigenvalue weighted by Gasteiger charge is 2.51. The molecule has 68 valence electrons. The van der Waals surface area contributed by atoms with Crippen molar-refractivity contribution in [3.05, 3.63) is 0 Å². The van der Waals surface area contributed by atoms with Crippen LogP contribution in [0.3, 0.4) is 0 Å². The molecule has 3 nitrogen and oxygen atoms in total. The Morgan fingerprint density at radius 2 is 2.17 bits per heavy atom. The van der Waals surface area contributed by atoms with Crippen LogP contribution in [0, 0.1) is 5.92 Å². The van der Waals surface area contributed by atoms with Gasteiger partial charge in [0, 0.05) is 13.1 Å². The molecule has 1 amide bonds. The number of hydrogen-bond acceptors (Lipinski definition) is 2. The highest BCUT2D eigenvalue weighted by Crippen LogP contribution is 2.38. The highest BCUT2D eigenvalue weighted by atomic mass is 16.3. The minimum absolute atomic E-state index is 0.0350. The predicted molar refractivity (Wildman–Crippen MR) is 44.5 cm³/mol. The third kappa shape index (κ3) is 1.12. The van der Waals surface area contributed by atoms with E-state index in [4.69, 9.17) is 0 Å². The van der Waals surface area contributed by atoms with E-state index in [9.17, 15) is 9.90 Å². The number of amides is 1. The number of hydrogen-bond donors (Lipinski definition) is 1. The summed E-state index contributed by atoms with van der Waals surface area (Å²) in [6.45, 7) is 3.85. The average molecular weight is 169 g/mol. The summed E-state index contributed by atoms with van der Waals surface area (Å²) >= 11 is 0. The fraction of sp³-hybridized carbons (Fsp3) is 0.889. The smallest absolute Gasteiger partial charge is 0.254 e. The third-order valence-corrected chi connectivity index (χ3v) is 2.94. The Kier molecular flexibility index (Phi) is 1.65. The largest absolute Gasteiger partial charge is 0.380 e. The van der Waals surface area contributed by atoms with Gasteiger partial charge in [-0.3, -0.25) is 4.79 Å². The van der Waals surface area contributed by atoms with Gasteiger partial charge in [0.1, 0.15) is 5.60 Å². The van der Waals surface area contributed by atoms with Crippen LogP contribution in [0.2, 0.25) is 0 Å². The van der Waals surface area contributed by atoms with Crippen molar-refractivity contribution in [3.8, 4) is 0 Å². The lowest BCUT2D eigenvalue weighted by Gasteiger charge is -2.40. The Balaban J connectivity index is 1.84. The molecule has 0 atom stereocenters. The molecule has 2 rings (SSSR count). The van der Waals surface area contributed by atoms with Crippen LogP contribution in [0.5, 0.6) is 0 Å². The molecule has 2 aliphatic rings. The van der Waals surface area contributed by atoms with Crippen molar-refractivity contribution in [2.75, 3.05) is 13.1 Å². The zero-order chi connectivity index (χ0) is 8.77. The normalized spacial score (nSPS) is 26.7. The van der Waals surface area contributed by atoms with E-state index in [1.54, 1.807) is 4.90 Å². The van der Waals surface area contributed by atoms with E-state index < -0.39 is 5.60 Å². The first kappa shape index (κ1) is 8.05. The maximum absolute atomic E-state index is 11.4. The molecule has 0 aromatic rings. The number of likely N-dealkylation sites (tertiary alicyclic amines) is 1. The molecule has 3 heteroatoms. The minimum atomic E-state index is -0.946. The lowest BCUT2D eigenvalue weighted by atomic mass is 9.96. The van der Waals surface area contributed by atoms with Crippen molar-refractivity contribution in [2.24, 2.45) is 5.92 Å². The maximum atomic E-state index is 11.4. The summed E-state index contributed by atoms with van der Waals surface area (Å²) in [6.07, 6.45) is 2.47. The molecule has 0 unspecified atom stereocenters. The van der Waals surface area contributed by atoms with Crippen molar-refractivity contribution in [2.45, 2.75) is 31.8 Å². The number of rotatable bonds is 2. The SMILES string of the molecule is CCC1CN(C(=O)C2(O)CC2)C1. The van der Waals surface area contributed by atoms with Gasteiger partial charge in [-0.2, -0.15) is 0 Å². The van der Waals surface area contributed by atoms with Gasteiger partial charge in [0.05, 0.1) is 0 Å². The van der Waals surface area contributed by atoms with Gasteiger partial charge in [-0.25, -0.2) is 0 Å². The van der Waals surface area contributed by atoms with Crippen LogP contribution in [0.25, 0.3) is 0 Å². The fourth-order valence-electron chi connectivity index (χ4n) is 1.62. The molecule has 0 radical (unpaired) electrons. The van der Waals surface area contributed by atoms with Crippen molar-refractivity contribution in [3.63, 3.8) is 0 Å². The third-order valence-electron chi connectivity index (χ3n) is 2.94. The summed E-state index contributed by atoms with van der Waals surface area (Å²) in [5, 5.41) is 9.50. The molecular formula is C9H15NO2. The van der Waals surface area contributed by atoms with E-state index >= 15 is 0 Å². The number of carbonyl (C=O) groups is 1. The molecule has 0 spiro atoms. The number of nitrogens with zero attached hydrogens (tertiary/aromatic N) is 1. The Hall–Kier alpha value is -0.570. The molecule has 1 aliphatic heterocycles. The van der Waals surface area contributed by atoms with Gasteiger partial charge < -0.3 is 10.0 Å². The van der Waals surface area contributed by atoms with Gasteiger partial charge in [0.15, 0.2) is 0 Å². The van der Waals surface area contributed by atoms with Crippen LogP contribution in [-0.4, -0.2) is 34.6 Å². The topological polar surface area (TPSA) is 40.5 Å². The summed E-state index contributed by atoms with van der Waals surface area (Å²) < 4.78 is 0. The summed E-state index contributed by atoms with van der Waals surface area (Å²) in [4.78, 5) is 13.2. The zero-order valence-corrected chi connectivity index (χ0v) is 7.42. The van der Waals surface area contributed by atoms with Crippen molar-refractivity contribution in [1.29, 1.82) is 0 Å². The van der Waals surface area contributed by atoms with E-state index in [2.05, 4.69) is 6.92 Å². The van der Waals surface area contributed by atoms with Gasteiger partial charge in [0.25, 0.3) is 5.91 Å². The first-order chi connectivity index (χ1) is 5.65. The average Bonchev–Trinajstić information content (AvgIpc) is 2.67. The van der Waals surface area contributed by atoms with E-state index in [1.165, 1.54) is 0 Å². The number of carbonyl (C=O) groups excluding carboxylic acids is 1. The van der Waals surface area contributed by atoms with Gasteiger partial charge in [-0.1, -0.05) is 6.92 Å². The molecule has 1 saturated heterocycles. The second-order valence-corrected chi connectivity index (χ2v) is 4.02. The summed E-state index contributed by atoms with van der Waals surface area (Å²) in [7, 11) is 0. The van der Waals surface area contributed by atoms with Crippen LogP contribution in [0.1, 0.15) is 26.2 Å². The van der Waals surface area contributed by atoms with E-state index in [0.717, 1.165) is 19.5 Å². The van der Waals surface area contributed by atoms with Crippen LogP contribution in [0.4, 0.5) is 0 Å². The molecular weight excluding hydrogens is 154 g/mol. The van der Waals surface area contributed by atoms with E-state index in [1.807, 2.05) is 0 Å². The molecule has 1 aliphatic carbocycles. The first-order valence-electron chi connectivity index (χ1n) is 4.67. The second-order valence-electron chi connectivity index (χ2n) is 4.02. The molecule has 0 aromatic heterocycles. The lowest BCUT2D eigenvalue weighted by Crippen LogP contribution is -2.53. The lowest BCUT2D eigenvalue weighted by molar-refractivity contribution is -0.149. The quantitative estimate of drug-likeness (QED) is 0.649. The molecule has 1 N–H and O–H groups in total. The van der Waals surface area contributed by atoms with Crippen molar-refractivity contribution < 1.29 is 9.90 Å². The molecule has 2 fully saturated rings. The van der Waals surface area contributed by atoms with Crippen LogP contribution < -0.4 is 0 Å². The zero-order valence-electron chi connectivity index (χ0n) is 7.42. The van der Waals surface area contributed by atoms with Crippen molar-refractivity contribution >= 4 is 5.91 Å². The van der Waals surface area contributed by atoms with Crippen LogP contribution in [0.15, 0.2) is 0 Å². The monoisotopic (exact) mass is 169 g/mol. The highest BCUT2D eigenvalue weighted by molar-refractivity contribution is 5.88. The minimum Gasteiger partial charge on any atom is -0.380 e. The van der Waals surface area contributed by atoms with Gasteiger partial charge in [-0.05, 0) is 25.2 Å².